The minimum Gasteiger partial charge on any atom is -0.370 e. The summed E-state index contributed by atoms with van der Waals surface area (Å²) in [5.41, 5.74) is 6.30. The van der Waals surface area contributed by atoms with Gasteiger partial charge >= 0.3 is 0 Å². The Hall–Kier alpha value is -1.61. The number of hydrogen-bond donors (Lipinski definition) is 2. The smallest absolute Gasteiger partial charge is 0.217 e. The van der Waals surface area contributed by atoms with Crippen LogP contribution in [0.15, 0.2) is 21.8 Å². The molecule has 1 aromatic heterocycles. The fourth-order valence-corrected chi connectivity index (χ4v) is 3.31. The summed E-state index contributed by atoms with van der Waals surface area (Å²) in [6, 6.07) is 1.52. The van der Waals surface area contributed by atoms with Crippen LogP contribution in [-0.2, 0) is 15.8 Å². The average molecular weight is 329 g/mol. The van der Waals surface area contributed by atoms with Crippen molar-refractivity contribution >= 4 is 16.0 Å². The van der Waals surface area contributed by atoms with Crippen molar-refractivity contribution in [1.82, 2.24) is 14.8 Å². The number of sulfonamides is 1. The molecule has 1 saturated heterocycles. The van der Waals surface area contributed by atoms with Crippen LogP contribution in [0.5, 0.6) is 0 Å². The van der Waals surface area contributed by atoms with E-state index in [9.17, 15) is 8.42 Å². The van der Waals surface area contributed by atoms with E-state index < -0.39 is 10.0 Å². The summed E-state index contributed by atoms with van der Waals surface area (Å²) in [5.74, 6) is 1.02. The molecule has 2 heterocycles. The van der Waals surface area contributed by atoms with Gasteiger partial charge in [-0.25, -0.2) is 13.1 Å². The Labute approximate surface area is 130 Å². The first-order valence-corrected chi connectivity index (χ1v) is 9.03. The molecule has 0 saturated carbocycles. The molecule has 8 nitrogen and oxygen atoms in total. The number of nitrogens with one attached hydrogen (secondary N) is 1. The zero-order valence-electron chi connectivity index (χ0n) is 12.7. The SMILES string of the molecule is CC1CCN(C(N)=NCCNS(=O)(=O)Cc2ccon2)CC1. The number of nitrogens with zero attached hydrogens (tertiary/aromatic N) is 3. The van der Waals surface area contributed by atoms with Gasteiger partial charge in [-0.2, -0.15) is 0 Å². The quantitative estimate of drug-likeness (QED) is 0.436. The Balaban J connectivity index is 1.72. The molecule has 1 aliphatic heterocycles. The van der Waals surface area contributed by atoms with Crippen molar-refractivity contribution in [3.8, 4) is 0 Å². The van der Waals surface area contributed by atoms with E-state index in [1.807, 2.05) is 4.90 Å². The Morgan fingerprint density at radius 2 is 2.27 bits per heavy atom. The van der Waals surface area contributed by atoms with Crippen molar-refractivity contribution < 1.29 is 12.9 Å². The summed E-state index contributed by atoms with van der Waals surface area (Å²) in [7, 11) is -3.43. The van der Waals surface area contributed by atoms with Gasteiger partial charge in [0.1, 0.15) is 12.0 Å². The lowest BCUT2D eigenvalue weighted by molar-refractivity contribution is 0.277. The van der Waals surface area contributed by atoms with Gasteiger partial charge in [-0.3, -0.25) is 4.99 Å². The van der Waals surface area contributed by atoms with Gasteiger partial charge in [0.15, 0.2) is 5.96 Å². The fourth-order valence-electron chi connectivity index (χ4n) is 2.27. The summed E-state index contributed by atoms with van der Waals surface area (Å²) >= 11 is 0. The van der Waals surface area contributed by atoms with Crippen molar-refractivity contribution in [3.63, 3.8) is 0 Å². The third-order valence-corrected chi connectivity index (χ3v) is 4.96. The molecular weight excluding hydrogens is 306 g/mol. The highest BCUT2D eigenvalue weighted by molar-refractivity contribution is 7.88. The molecule has 0 radical (unpaired) electrons. The zero-order valence-corrected chi connectivity index (χ0v) is 13.6. The monoisotopic (exact) mass is 329 g/mol. The van der Waals surface area contributed by atoms with Crippen molar-refractivity contribution in [1.29, 1.82) is 0 Å². The molecule has 0 bridgehead atoms. The zero-order chi connectivity index (χ0) is 16.0. The normalized spacial score (nSPS) is 17.9. The molecular formula is C13H23N5O3S. The predicted molar refractivity (Wildman–Crippen MR) is 83.6 cm³/mol. The Morgan fingerprint density at radius 3 is 2.91 bits per heavy atom. The molecule has 0 aromatic carbocycles. The van der Waals surface area contributed by atoms with Crippen LogP contribution >= 0.6 is 0 Å². The lowest BCUT2D eigenvalue weighted by Gasteiger charge is -2.31. The molecule has 1 aromatic rings. The second kappa shape index (κ2) is 7.59. The molecule has 2 rings (SSSR count). The van der Waals surface area contributed by atoms with Crippen LogP contribution < -0.4 is 10.5 Å². The number of rotatable bonds is 6. The van der Waals surface area contributed by atoms with E-state index in [-0.39, 0.29) is 12.3 Å². The highest BCUT2D eigenvalue weighted by Gasteiger charge is 2.17. The number of nitrogens with two attached hydrogens (primary N) is 1. The van der Waals surface area contributed by atoms with Crippen LogP contribution in [-0.4, -0.2) is 50.6 Å². The molecule has 22 heavy (non-hydrogen) atoms. The molecule has 3 N–H and O–H groups in total. The van der Waals surface area contributed by atoms with E-state index in [1.165, 1.54) is 12.3 Å². The molecule has 1 aliphatic rings. The number of aromatic nitrogens is 1. The maximum atomic E-state index is 11.8. The second-order valence-corrected chi connectivity index (χ2v) is 7.36. The van der Waals surface area contributed by atoms with Crippen LogP contribution in [0.1, 0.15) is 25.5 Å². The van der Waals surface area contributed by atoms with Gasteiger partial charge < -0.3 is 15.2 Å². The van der Waals surface area contributed by atoms with E-state index >= 15 is 0 Å². The molecule has 0 aliphatic carbocycles. The molecule has 0 spiro atoms. The van der Waals surface area contributed by atoms with Gasteiger partial charge in [0.2, 0.25) is 10.0 Å². The largest absolute Gasteiger partial charge is 0.370 e. The molecule has 0 atom stereocenters. The standard InChI is InChI=1S/C13H23N5O3S/c1-11-2-7-18(8-3-11)13(14)15-5-6-16-22(19,20)10-12-4-9-21-17-12/h4,9,11,16H,2-3,5-8,10H2,1H3,(H2,14,15). The van der Waals surface area contributed by atoms with E-state index in [0.717, 1.165) is 31.8 Å². The lowest BCUT2D eigenvalue weighted by atomic mass is 10.00. The van der Waals surface area contributed by atoms with Gasteiger partial charge in [0, 0.05) is 25.7 Å². The lowest BCUT2D eigenvalue weighted by Crippen LogP contribution is -2.42. The summed E-state index contributed by atoms with van der Waals surface area (Å²) in [5, 5.41) is 3.58. The Kier molecular flexibility index (Phi) is 5.78. The fraction of sp³-hybridized carbons (Fsp3) is 0.692. The van der Waals surface area contributed by atoms with Crippen molar-refractivity contribution in [2.45, 2.75) is 25.5 Å². The minimum absolute atomic E-state index is 0.202. The number of likely N-dealkylation sites (tertiary alicyclic amines) is 1. The molecule has 9 heteroatoms. The van der Waals surface area contributed by atoms with Crippen LogP contribution in [0.25, 0.3) is 0 Å². The van der Waals surface area contributed by atoms with Crippen LogP contribution in [0, 0.1) is 5.92 Å². The van der Waals surface area contributed by atoms with Crippen molar-refractivity contribution in [2.24, 2.45) is 16.6 Å². The van der Waals surface area contributed by atoms with Crippen LogP contribution in [0.3, 0.4) is 0 Å². The number of guanidine groups is 1. The van der Waals surface area contributed by atoms with Gasteiger partial charge in [-0.05, 0) is 18.8 Å². The highest BCUT2D eigenvalue weighted by Crippen LogP contribution is 2.15. The van der Waals surface area contributed by atoms with E-state index in [0.29, 0.717) is 18.2 Å². The first-order valence-electron chi connectivity index (χ1n) is 7.38. The van der Waals surface area contributed by atoms with Crippen LogP contribution in [0.2, 0.25) is 0 Å². The van der Waals surface area contributed by atoms with Gasteiger partial charge in [-0.1, -0.05) is 12.1 Å². The summed E-state index contributed by atoms with van der Waals surface area (Å²) < 4.78 is 30.7. The van der Waals surface area contributed by atoms with E-state index in [2.05, 4.69) is 26.3 Å². The number of hydrogen-bond acceptors (Lipinski definition) is 5. The van der Waals surface area contributed by atoms with Crippen molar-refractivity contribution in [3.05, 3.63) is 18.0 Å². The number of piperidine rings is 1. The minimum atomic E-state index is -3.43. The van der Waals surface area contributed by atoms with E-state index in [1.54, 1.807) is 0 Å². The van der Waals surface area contributed by atoms with Crippen LogP contribution in [0.4, 0.5) is 0 Å². The maximum Gasteiger partial charge on any atom is 0.217 e. The molecule has 124 valence electrons. The average Bonchev–Trinajstić information content (AvgIpc) is 2.96. The third kappa shape index (κ3) is 5.30. The number of aliphatic imine (C=N–C) groups is 1. The third-order valence-electron chi connectivity index (χ3n) is 3.64. The Bertz CT molecular complexity index is 577. The molecule has 1 fully saturated rings. The van der Waals surface area contributed by atoms with Gasteiger partial charge in [0.05, 0.1) is 12.2 Å². The summed E-state index contributed by atoms with van der Waals surface area (Å²) in [6.45, 7) is 4.58. The predicted octanol–water partition coefficient (Wildman–Crippen LogP) is 0.141. The van der Waals surface area contributed by atoms with Gasteiger partial charge in [0.25, 0.3) is 0 Å². The molecule has 0 unspecified atom stereocenters. The van der Waals surface area contributed by atoms with Crippen molar-refractivity contribution in [2.75, 3.05) is 26.2 Å². The summed E-state index contributed by atoms with van der Waals surface area (Å²) in [4.78, 5) is 6.28. The second-order valence-electron chi connectivity index (χ2n) is 5.55. The molecule has 0 amide bonds. The highest BCUT2D eigenvalue weighted by atomic mass is 32.2. The topological polar surface area (TPSA) is 114 Å². The first-order chi connectivity index (χ1) is 10.5. The first kappa shape index (κ1) is 16.8. The van der Waals surface area contributed by atoms with E-state index in [4.69, 9.17) is 5.73 Å². The summed E-state index contributed by atoms with van der Waals surface area (Å²) in [6.07, 6.45) is 3.57. The maximum absolute atomic E-state index is 11.8. The Morgan fingerprint density at radius 1 is 1.55 bits per heavy atom. The van der Waals surface area contributed by atoms with Gasteiger partial charge in [-0.15, -0.1) is 0 Å².